The number of rotatable bonds is 4. The molecule has 5 nitrogen and oxygen atoms in total. The van der Waals surface area contributed by atoms with E-state index in [1.54, 1.807) is 7.11 Å². The van der Waals surface area contributed by atoms with Crippen LogP contribution >= 0.6 is 0 Å². The second-order valence-electron chi connectivity index (χ2n) is 6.44. The van der Waals surface area contributed by atoms with E-state index in [-0.39, 0.29) is 18.1 Å². The van der Waals surface area contributed by atoms with Gasteiger partial charge in [0.1, 0.15) is 18.0 Å². The molecule has 4 rings (SSSR count). The number of benzene rings is 2. The second-order valence-corrected chi connectivity index (χ2v) is 6.44. The first kappa shape index (κ1) is 15.6. The van der Waals surface area contributed by atoms with Crippen LogP contribution in [0.25, 0.3) is 5.57 Å². The number of fused-ring (bicyclic) bond motifs is 1. The number of carbonyl (C=O) groups is 1. The predicted molar refractivity (Wildman–Crippen MR) is 98.1 cm³/mol. The Labute approximate surface area is 147 Å². The zero-order valence-electron chi connectivity index (χ0n) is 14.1. The number of amides is 1. The summed E-state index contributed by atoms with van der Waals surface area (Å²) in [6, 6.07) is 15.9. The van der Waals surface area contributed by atoms with E-state index in [0.717, 1.165) is 23.4 Å². The molecule has 2 unspecified atom stereocenters. The number of nitrogens with one attached hydrogen (secondary N) is 1. The maximum atomic E-state index is 12.0. The van der Waals surface area contributed by atoms with Gasteiger partial charge in [0.25, 0.3) is 0 Å². The lowest BCUT2D eigenvalue weighted by atomic mass is 10.0. The number of primary amides is 1. The highest BCUT2D eigenvalue weighted by atomic mass is 16.5. The van der Waals surface area contributed by atoms with Gasteiger partial charge < -0.3 is 20.7 Å². The monoisotopic (exact) mass is 335 g/mol. The molecule has 2 aromatic carbocycles. The first-order valence-electron chi connectivity index (χ1n) is 8.42. The fraction of sp³-hybridized carbons (Fsp3) is 0.250. The van der Waals surface area contributed by atoms with Crippen LogP contribution in [0.3, 0.4) is 0 Å². The molecule has 0 fully saturated rings. The number of nitrogens with zero attached hydrogens (tertiary/aromatic N) is 1. The SMILES string of the molecule is COc1ccc(C2=CNC(N3c4ccccc4CC3C(N)=O)C2)cc1. The summed E-state index contributed by atoms with van der Waals surface area (Å²) < 4.78 is 5.22. The van der Waals surface area contributed by atoms with Gasteiger partial charge in [0, 0.05) is 24.7 Å². The van der Waals surface area contributed by atoms with Crippen LogP contribution in [0.1, 0.15) is 17.5 Å². The van der Waals surface area contributed by atoms with Crippen molar-refractivity contribution >= 4 is 17.2 Å². The number of hydrogen-bond donors (Lipinski definition) is 2. The molecule has 0 aliphatic carbocycles. The van der Waals surface area contributed by atoms with Crippen molar-refractivity contribution in [3.05, 3.63) is 65.9 Å². The summed E-state index contributed by atoms with van der Waals surface area (Å²) in [5.41, 5.74) is 10.3. The average Bonchev–Trinajstić information content (AvgIpc) is 3.26. The van der Waals surface area contributed by atoms with Gasteiger partial charge in [-0.25, -0.2) is 0 Å². The lowest BCUT2D eigenvalue weighted by Gasteiger charge is -2.32. The van der Waals surface area contributed by atoms with Crippen LogP contribution in [0.15, 0.2) is 54.7 Å². The maximum absolute atomic E-state index is 12.0. The van der Waals surface area contributed by atoms with Crippen molar-refractivity contribution in [2.45, 2.75) is 25.0 Å². The Morgan fingerprint density at radius 1 is 1.16 bits per heavy atom. The molecule has 2 aliphatic heterocycles. The quantitative estimate of drug-likeness (QED) is 0.899. The zero-order valence-corrected chi connectivity index (χ0v) is 14.1. The topological polar surface area (TPSA) is 67.6 Å². The minimum absolute atomic E-state index is 0.0262. The molecular weight excluding hydrogens is 314 g/mol. The Kier molecular flexibility index (Phi) is 3.84. The molecule has 0 spiro atoms. The van der Waals surface area contributed by atoms with E-state index in [2.05, 4.69) is 34.5 Å². The summed E-state index contributed by atoms with van der Waals surface area (Å²) >= 11 is 0. The van der Waals surface area contributed by atoms with E-state index in [1.807, 2.05) is 30.5 Å². The van der Waals surface area contributed by atoms with Crippen molar-refractivity contribution in [3.8, 4) is 5.75 Å². The third kappa shape index (κ3) is 2.71. The van der Waals surface area contributed by atoms with Gasteiger partial charge in [-0.3, -0.25) is 4.79 Å². The average molecular weight is 335 g/mol. The minimum atomic E-state index is -0.307. The third-order valence-corrected chi connectivity index (χ3v) is 5.01. The van der Waals surface area contributed by atoms with Crippen LogP contribution in [0, 0.1) is 0 Å². The summed E-state index contributed by atoms with van der Waals surface area (Å²) in [7, 11) is 1.66. The van der Waals surface area contributed by atoms with Gasteiger partial charge in [0.15, 0.2) is 0 Å². The smallest absolute Gasteiger partial charge is 0.240 e. The van der Waals surface area contributed by atoms with Crippen molar-refractivity contribution in [1.29, 1.82) is 0 Å². The first-order chi connectivity index (χ1) is 12.2. The fourth-order valence-electron chi connectivity index (χ4n) is 3.74. The Morgan fingerprint density at radius 2 is 1.92 bits per heavy atom. The van der Waals surface area contributed by atoms with Crippen molar-refractivity contribution < 1.29 is 9.53 Å². The molecule has 0 radical (unpaired) electrons. The van der Waals surface area contributed by atoms with E-state index in [0.29, 0.717) is 6.42 Å². The van der Waals surface area contributed by atoms with Gasteiger partial charge >= 0.3 is 0 Å². The van der Waals surface area contributed by atoms with Gasteiger partial charge in [-0.15, -0.1) is 0 Å². The Hall–Kier alpha value is -2.95. The molecule has 0 saturated carbocycles. The van der Waals surface area contributed by atoms with Crippen LogP contribution in [0.4, 0.5) is 5.69 Å². The highest BCUT2D eigenvalue weighted by Crippen LogP contribution is 2.37. The number of carbonyl (C=O) groups excluding carboxylic acids is 1. The molecule has 0 aromatic heterocycles. The van der Waals surface area contributed by atoms with Crippen LogP contribution in [-0.2, 0) is 11.2 Å². The number of para-hydroxylation sites is 1. The summed E-state index contributed by atoms with van der Waals surface area (Å²) in [4.78, 5) is 14.1. The lowest BCUT2D eigenvalue weighted by Crippen LogP contribution is -2.51. The lowest BCUT2D eigenvalue weighted by molar-refractivity contribution is -0.119. The largest absolute Gasteiger partial charge is 0.497 e. The molecule has 0 saturated heterocycles. The minimum Gasteiger partial charge on any atom is -0.497 e. The van der Waals surface area contributed by atoms with Crippen LogP contribution in [0.2, 0.25) is 0 Å². The highest BCUT2D eigenvalue weighted by Gasteiger charge is 2.38. The molecular formula is C20H21N3O2. The second kappa shape index (κ2) is 6.16. The van der Waals surface area contributed by atoms with Gasteiger partial charge in [0.2, 0.25) is 5.91 Å². The first-order valence-corrected chi connectivity index (χ1v) is 8.42. The third-order valence-electron chi connectivity index (χ3n) is 5.01. The summed E-state index contributed by atoms with van der Waals surface area (Å²) in [6.45, 7) is 0. The summed E-state index contributed by atoms with van der Waals surface area (Å²) in [5, 5.41) is 3.43. The molecule has 2 atom stereocenters. The Bertz CT molecular complexity index is 829. The molecule has 1 amide bonds. The summed E-state index contributed by atoms with van der Waals surface area (Å²) in [5.74, 6) is 0.560. The van der Waals surface area contributed by atoms with Crippen molar-refractivity contribution in [2.24, 2.45) is 5.73 Å². The van der Waals surface area contributed by atoms with E-state index >= 15 is 0 Å². The van der Waals surface area contributed by atoms with E-state index in [1.165, 1.54) is 11.1 Å². The van der Waals surface area contributed by atoms with Gasteiger partial charge in [-0.05, 0) is 34.9 Å². The number of hydrogen-bond acceptors (Lipinski definition) is 4. The molecule has 25 heavy (non-hydrogen) atoms. The standard InChI is InChI=1S/C20H21N3O2/c1-25-16-8-6-13(7-9-16)15-11-19(22-12-15)23-17-5-3-2-4-14(17)10-18(23)20(21)24/h2-9,12,18-19,22H,10-11H2,1H3,(H2,21,24). The maximum Gasteiger partial charge on any atom is 0.240 e. The molecule has 2 aliphatic rings. The number of anilines is 1. The Balaban J connectivity index is 1.57. The van der Waals surface area contributed by atoms with Crippen molar-refractivity contribution in [2.75, 3.05) is 12.0 Å². The molecule has 2 heterocycles. The molecule has 5 heteroatoms. The predicted octanol–water partition coefficient (Wildman–Crippen LogP) is 2.27. The fourth-order valence-corrected chi connectivity index (χ4v) is 3.74. The van der Waals surface area contributed by atoms with Crippen LogP contribution in [-0.4, -0.2) is 25.2 Å². The van der Waals surface area contributed by atoms with Crippen molar-refractivity contribution in [3.63, 3.8) is 0 Å². The van der Waals surface area contributed by atoms with E-state index < -0.39 is 0 Å². The highest BCUT2D eigenvalue weighted by molar-refractivity contribution is 5.87. The zero-order chi connectivity index (χ0) is 17.4. The van der Waals surface area contributed by atoms with Crippen LogP contribution in [0.5, 0.6) is 5.75 Å². The molecule has 3 N–H and O–H groups in total. The van der Waals surface area contributed by atoms with E-state index in [4.69, 9.17) is 10.5 Å². The number of methoxy groups -OCH3 is 1. The number of ether oxygens (including phenoxy) is 1. The van der Waals surface area contributed by atoms with Crippen LogP contribution < -0.4 is 20.7 Å². The normalized spacial score (nSPS) is 21.5. The molecule has 128 valence electrons. The van der Waals surface area contributed by atoms with E-state index in [9.17, 15) is 4.79 Å². The van der Waals surface area contributed by atoms with Gasteiger partial charge in [0.05, 0.1) is 7.11 Å². The number of nitrogens with two attached hydrogens (primary N) is 1. The Morgan fingerprint density at radius 3 is 2.64 bits per heavy atom. The van der Waals surface area contributed by atoms with Gasteiger partial charge in [-0.2, -0.15) is 0 Å². The van der Waals surface area contributed by atoms with Crippen molar-refractivity contribution in [1.82, 2.24) is 5.32 Å². The molecule has 2 aromatic rings. The summed E-state index contributed by atoms with van der Waals surface area (Å²) in [6.07, 6.45) is 3.54. The molecule has 0 bridgehead atoms. The van der Waals surface area contributed by atoms with Gasteiger partial charge in [-0.1, -0.05) is 30.3 Å².